The van der Waals surface area contributed by atoms with Crippen molar-refractivity contribution >= 4 is 22.9 Å². The summed E-state index contributed by atoms with van der Waals surface area (Å²) in [4.78, 5) is 6.87. The molecule has 0 N–H and O–H groups in total. The Morgan fingerprint density at radius 1 is 1.32 bits per heavy atom. The molecule has 1 fully saturated rings. The number of hydrogen-bond donors (Lipinski definition) is 0. The van der Waals surface area contributed by atoms with E-state index in [1.165, 1.54) is 0 Å². The van der Waals surface area contributed by atoms with Crippen LogP contribution < -0.4 is 4.90 Å². The maximum Gasteiger partial charge on any atom is 0.154 e. The summed E-state index contributed by atoms with van der Waals surface area (Å²) in [6, 6.07) is 2.15. The number of piperidine rings is 1. The Morgan fingerprint density at radius 2 is 2.05 bits per heavy atom. The average molecular weight is 279 g/mol. The molecule has 0 spiro atoms. The molecule has 1 aliphatic rings. The molecule has 1 saturated heterocycles. The molecule has 1 aliphatic heterocycles. The lowest BCUT2D eigenvalue weighted by molar-refractivity contribution is 0.581. The molecule has 3 rings (SSSR count). The fourth-order valence-electron chi connectivity index (χ4n) is 2.51. The number of halogens is 1. The van der Waals surface area contributed by atoms with Crippen molar-refractivity contribution in [1.29, 1.82) is 0 Å². The Kier molecular flexibility index (Phi) is 3.35. The third-order valence-corrected chi connectivity index (χ3v) is 4.14. The van der Waals surface area contributed by atoms with Crippen molar-refractivity contribution in [1.82, 2.24) is 14.6 Å². The molecule has 0 unspecified atom stereocenters. The summed E-state index contributed by atoms with van der Waals surface area (Å²) in [5, 5.41) is 4.92. The minimum absolute atomic E-state index is 0.312. The van der Waals surface area contributed by atoms with Gasteiger partial charge in [0.1, 0.15) is 5.52 Å². The highest BCUT2D eigenvalue weighted by Gasteiger charge is 2.21. The molecule has 2 aromatic rings. The van der Waals surface area contributed by atoms with Crippen LogP contribution in [0.4, 0.5) is 5.82 Å². The third kappa shape index (κ3) is 2.41. The molecule has 3 heterocycles. The lowest BCUT2D eigenvalue weighted by atomic mass is 10.1. The molecular weight excluding hydrogens is 260 g/mol. The fraction of sp³-hybridized carbons (Fsp3) is 0.571. The van der Waals surface area contributed by atoms with Crippen molar-refractivity contribution in [2.24, 2.45) is 0 Å². The van der Waals surface area contributed by atoms with Crippen LogP contribution in [-0.2, 0) is 0 Å². The van der Waals surface area contributed by atoms with Gasteiger partial charge in [-0.1, -0.05) is 13.8 Å². The van der Waals surface area contributed by atoms with Gasteiger partial charge in [-0.15, -0.1) is 11.6 Å². The van der Waals surface area contributed by atoms with E-state index in [1.807, 2.05) is 16.9 Å². The molecule has 5 heteroatoms. The number of fused-ring (bicyclic) bond motifs is 1. The molecule has 0 radical (unpaired) electrons. The summed E-state index contributed by atoms with van der Waals surface area (Å²) >= 11 is 6.17. The molecule has 0 bridgehead atoms. The summed E-state index contributed by atoms with van der Waals surface area (Å²) in [6.07, 6.45) is 5.79. The quantitative estimate of drug-likeness (QED) is 0.792. The maximum atomic E-state index is 6.17. The van der Waals surface area contributed by atoms with Crippen LogP contribution in [0.25, 0.3) is 5.52 Å². The molecule has 2 aromatic heterocycles. The Labute approximate surface area is 118 Å². The van der Waals surface area contributed by atoms with E-state index in [4.69, 9.17) is 11.6 Å². The second-order valence-corrected chi connectivity index (χ2v) is 6.08. The van der Waals surface area contributed by atoms with Gasteiger partial charge >= 0.3 is 0 Å². The minimum atomic E-state index is 0.312. The number of nitrogens with zero attached hydrogens (tertiary/aromatic N) is 4. The molecule has 0 atom stereocenters. The SMILES string of the molecule is CC(C)c1cc2c(N3CCC(Cl)CC3)nccn2n1. The smallest absolute Gasteiger partial charge is 0.154 e. The second kappa shape index (κ2) is 5.00. The van der Waals surface area contributed by atoms with Crippen molar-refractivity contribution in [3.63, 3.8) is 0 Å². The lowest BCUT2D eigenvalue weighted by Gasteiger charge is -2.30. The predicted molar refractivity (Wildman–Crippen MR) is 78.2 cm³/mol. The first-order chi connectivity index (χ1) is 9.15. The van der Waals surface area contributed by atoms with E-state index >= 15 is 0 Å². The van der Waals surface area contributed by atoms with Crippen molar-refractivity contribution in [3.05, 3.63) is 24.2 Å². The predicted octanol–water partition coefficient (Wildman–Crippen LogP) is 3.06. The van der Waals surface area contributed by atoms with Gasteiger partial charge < -0.3 is 4.90 Å². The fourth-order valence-corrected chi connectivity index (χ4v) is 2.71. The maximum absolute atomic E-state index is 6.17. The van der Waals surface area contributed by atoms with E-state index < -0.39 is 0 Å². The van der Waals surface area contributed by atoms with Crippen molar-refractivity contribution in [2.45, 2.75) is 38.0 Å². The van der Waals surface area contributed by atoms with Crippen LogP contribution in [0, 0.1) is 0 Å². The highest BCUT2D eigenvalue weighted by molar-refractivity contribution is 6.20. The number of aromatic nitrogens is 3. The summed E-state index contributed by atoms with van der Waals surface area (Å²) < 4.78 is 1.93. The van der Waals surface area contributed by atoms with Crippen LogP contribution in [-0.4, -0.2) is 33.1 Å². The van der Waals surface area contributed by atoms with Gasteiger partial charge in [0.05, 0.1) is 5.69 Å². The van der Waals surface area contributed by atoms with Gasteiger partial charge in [-0.25, -0.2) is 9.50 Å². The standard InChI is InChI=1S/C14H19ClN4/c1-10(2)12-9-13-14(16-5-8-19(13)17-12)18-6-3-11(15)4-7-18/h5,8-11H,3-4,6-7H2,1-2H3. The normalized spacial score (nSPS) is 17.6. The zero-order valence-corrected chi connectivity index (χ0v) is 12.1. The number of alkyl halides is 1. The van der Waals surface area contributed by atoms with Crippen molar-refractivity contribution < 1.29 is 0 Å². The molecule has 102 valence electrons. The van der Waals surface area contributed by atoms with Crippen LogP contribution in [0.3, 0.4) is 0 Å². The van der Waals surface area contributed by atoms with Gasteiger partial charge in [-0.3, -0.25) is 0 Å². The number of hydrogen-bond acceptors (Lipinski definition) is 3. The zero-order valence-electron chi connectivity index (χ0n) is 11.4. The Hall–Kier alpha value is -1.29. The van der Waals surface area contributed by atoms with E-state index in [0.717, 1.165) is 43.0 Å². The summed E-state index contributed by atoms with van der Waals surface area (Å²) in [5.41, 5.74) is 2.21. The summed E-state index contributed by atoms with van der Waals surface area (Å²) in [7, 11) is 0. The van der Waals surface area contributed by atoms with Crippen LogP contribution in [0.5, 0.6) is 0 Å². The highest BCUT2D eigenvalue weighted by atomic mass is 35.5. The average Bonchev–Trinajstić information content (AvgIpc) is 2.83. The van der Waals surface area contributed by atoms with Crippen molar-refractivity contribution in [3.8, 4) is 0 Å². The molecule has 19 heavy (non-hydrogen) atoms. The van der Waals surface area contributed by atoms with E-state index in [-0.39, 0.29) is 0 Å². The van der Waals surface area contributed by atoms with Crippen molar-refractivity contribution in [2.75, 3.05) is 18.0 Å². The van der Waals surface area contributed by atoms with Crippen LogP contribution >= 0.6 is 11.6 Å². The number of rotatable bonds is 2. The summed E-state index contributed by atoms with van der Waals surface area (Å²) in [6.45, 7) is 6.27. The van der Waals surface area contributed by atoms with E-state index in [2.05, 4.69) is 34.9 Å². The highest BCUT2D eigenvalue weighted by Crippen LogP contribution is 2.26. The Bertz CT molecular complexity index is 570. The van der Waals surface area contributed by atoms with E-state index in [9.17, 15) is 0 Å². The minimum Gasteiger partial charge on any atom is -0.355 e. The first-order valence-corrected chi connectivity index (χ1v) is 7.32. The van der Waals surface area contributed by atoms with Crippen LogP contribution in [0.1, 0.15) is 38.3 Å². The topological polar surface area (TPSA) is 33.4 Å². The molecule has 0 amide bonds. The van der Waals surface area contributed by atoms with Gasteiger partial charge in [0.15, 0.2) is 5.82 Å². The molecule has 4 nitrogen and oxygen atoms in total. The van der Waals surface area contributed by atoms with E-state index in [0.29, 0.717) is 11.3 Å². The van der Waals surface area contributed by atoms with Gasteiger partial charge in [-0.05, 0) is 24.8 Å². The molecule has 0 saturated carbocycles. The largest absolute Gasteiger partial charge is 0.355 e. The van der Waals surface area contributed by atoms with Gasteiger partial charge in [-0.2, -0.15) is 5.10 Å². The summed E-state index contributed by atoms with van der Waals surface area (Å²) in [5.74, 6) is 1.46. The van der Waals surface area contributed by atoms with E-state index in [1.54, 1.807) is 0 Å². The first kappa shape index (κ1) is 12.7. The Morgan fingerprint density at radius 3 is 2.74 bits per heavy atom. The monoisotopic (exact) mass is 278 g/mol. The molecular formula is C14H19ClN4. The Balaban J connectivity index is 1.98. The first-order valence-electron chi connectivity index (χ1n) is 6.88. The van der Waals surface area contributed by atoms with Gasteiger partial charge in [0.25, 0.3) is 0 Å². The van der Waals surface area contributed by atoms with Gasteiger partial charge in [0.2, 0.25) is 0 Å². The van der Waals surface area contributed by atoms with Crippen LogP contribution in [0.15, 0.2) is 18.5 Å². The molecule has 0 aliphatic carbocycles. The molecule has 0 aromatic carbocycles. The number of anilines is 1. The third-order valence-electron chi connectivity index (χ3n) is 3.70. The second-order valence-electron chi connectivity index (χ2n) is 5.47. The lowest BCUT2D eigenvalue weighted by Crippen LogP contribution is -2.34. The van der Waals surface area contributed by atoms with Gasteiger partial charge in [0, 0.05) is 30.9 Å². The van der Waals surface area contributed by atoms with Crippen LogP contribution in [0.2, 0.25) is 0 Å². The zero-order chi connectivity index (χ0) is 13.4.